The Hall–Kier alpha value is -2.89. The molecule has 5 rings (SSSR count). The van der Waals surface area contributed by atoms with E-state index >= 15 is 0 Å². The summed E-state index contributed by atoms with van der Waals surface area (Å²) in [6, 6.07) is 20.4. The highest BCUT2D eigenvalue weighted by Gasteiger charge is 2.54. The van der Waals surface area contributed by atoms with Crippen molar-refractivity contribution < 1.29 is 19.0 Å². The van der Waals surface area contributed by atoms with Gasteiger partial charge in [0.05, 0.1) is 25.4 Å². The summed E-state index contributed by atoms with van der Waals surface area (Å²) in [7, 11) is 0. The Bertz CT molecular complexity index is 1110. The highest BCUT2D eigenvalue weighted by molar-refractivity contribution is 6.06. The number of fused-ring (bicyclic) bond motifs is 3. The Balaban J connectivity index is 1.39. The molecule has 2 aliphatic rings. The maximum absolute atomic E-state index is 13.5. The van der Waals surface area contributed by atoms with Crippen LogP contribution >= 0.6 is 0 Å². The summed E-state index contributed by atoms with van der Waals surface area (Å²) in [5, 5.41) is 2.20. The molecule has 1 spiro atoms. The van der Waals surface area contributed by atoms with E-state index in [-0.39, 0.29) is 5.91 Å². The number of benzene rings is 3. The van der Waals surface area contributed by atoms with Crippen LogP contribution in [0.5, 0.6) is 5.75 Å². The van der Waals surface area contributed by atoms with Crippen molar-refractivity contribution in [2.75, 3.05) is 31.3 Å². The lowest BCUT2D eigenvalue weighted by Gasteiger charge is -2.32. The van der Waals surface area contributed by atoms with Gasteiger partial charge in [-0.3, -0.25) is 4.79 Å². The van der Waals surface area contributed by atoms with Crippen LogP contribution in [0.1, 0.15) is 37.3 Å². The van der Waals surface area contributed by atoms with E-state index in [2.05, 4.69) is 37.3 Å². The van der Waals surface area contributed by atoms with Crippen molar-refractivity contribution >= 4 is 22.4 Å². The van der Waals surface area contributed by atoms with Crippen LogP contribution in [0.25, 0.3) is 10.8 Å². The van der Waals surface area contributed by atoms with Crippen LogP contribution in [-0.4, -0.2) is 32.3 Å². The molecule has 166 valence electrons. The van der Waals surface area contributed by atoms with Gasteiger partial charge in [0.15, 0.2) is 0 Å². The second-order valence-electron chi connectivity index (χ2n) is 8.40. The van der Waals surface area contributed by atoms with Crippen molar-refractivity contribution in [3.63, 3.8) is 0 Å². The monoisotopic (exact) mass is 431 g/mol. The minimum Gasteiger partial charge on any atom is -0.491 e. The number of hydrogen-bond acceptors (Lipinski definition) is 4. The van der Waals surface area contributed by atoms with Crippen LogP contribution in [0.3, 0.4) is 0 Å². The van der Waals surface area contributed by atoms with Gasteiger partial charge < -0.3 is 19.1 Å². The molecule has 1 amide bonds. The van der Waals surface area contributed by atoms with E-state index in [1.807, 2.05) is 30.3 Å². The van der Waals surface area contributed by atoms with Crippen molar-refractivity contribution in [1.29, 1.82) is 0 Å². The average Bonchev–Trinajstić information content (AvgIpc) is 3.05. The summed E-state index contributed by atoms with van der Waals surface area (Å²) in [5.74, 6) is -0.638. The quantitative estimate of drug-likeness (QED) is 0.516. The predicted octanol–water partition coefficient (Wildman–Crippen LogP) is 5.20. The number of unbranched alkanes of at least 4 members (excludes halogenated alkanes) is 1. The molecule has 5 nitrogen and oxygen atoms in total. The SMILES string of the molecule is CCCCc1ccc2c(c1)C1(OCCCO1)C(=O)N2CCOc1cccc2ccccc12. The Morgan fingerprint density at radius 3 is 2.69 bits per heavy atom. The van der Waals surface area contributed by atoms with E-state index in [0.29, 0.717) is 26.4 Å². The smallest absolute Gasteiger partial charge is 0.292 e. The first-order valence-electron chi connectivity index (χ1n) is 11.6. The van der Waals surface area contributed by atoms with Crippen LogP contribution in [-0.2, 0) is 26.5 Å². The molecule has 3 aromatic carbocycles. The van der Waals surface area contributed by atoms with Crippen molar-refractivity contribution in [3.8, 4) is 5.75 Å². The first kappa shape index (κ1) is 21.0. The van der Waals surface area contributed by atoms with Crippen molar-refractivity contribution in [1.82, 2.24) is 0 Å². The number of rotatable bonds is 7. The first-order valence-corrected chi connectivity index (χ1v) is 11.6. The van der Waals surface area contributed by atoms with E-state index in [4.69, 9.17) is 14.2 Å². The lowest BCUT2D eigenvalue weighted by Crippen LogP contribution is -2.48. The molecular weight excluding hydrogens is 402 g/mol. The summed E-state index contributed by atoms with van der Waals surface area (Å²) >= 11 is 0. The Kier molecular flexibility index (Phi) is 5.85. The molecule has 0 N–H and O–H groups in total. The van der Waals surface area contributed by atoms with Crippen molar-refractivity contribution in [2.24, 2.45) is 0 Å². The zero-order chi connectivity index (χ0) is 22.0. The average molecular weight is 432 g/mol. The third-order valence-electron chi connectivity index (χ3n) is 6.27. The molecule has 0 aromatic heterocycles. The lowest BCUT2D eigenvalue weighted by atomic mass is 10.00. The third-order valence-corrected chi connectivity index (χ3v) is 6.27. The first-order chi connectivity index (χ1) is 15.7. The van der Waals surface area contributed by atoms with Gasteiger partial charge in [-0.05, 0) is 48.4 Å². The number of amides is 1. The minimum absolute atomic E-state index is 0.152. The van der Waals surface area contributed by atoms with Crippen LogP contribution < -0.4 is 9.64 Å². The van der Waals surface area contributed by atoms with Crippen LogP contribution in [0.4, 0.5) is 5.69 Å². The molecule has 2 aliphatic heterocycles. The number of aryl methyl sites for hydroxylation is 1. The fraction of sp³-hybridized carbons (Fsp3) is 0.370. The van der Waals surface area contributed by atoms with Gasteiger partial charge in [0.1, 0.15) is 12.4 Å². The number of anilines is 1. The second kappa shape index (κ2) is 8.93. The second-order valence-corrected chi connectivity index (χ2v) is 8.40. The molecule has 3 aromatic rings. The van der Waals surface area contributed by atoms with E-state index < -0.39 is 5.79 Å². The number of ether oxygens (including phenoxy) is 3. The van der Waals surface area contributed by atoms with E-state index in [9.17, 15) is 4.79 Å². The molecule has 2 heterocycles. The minimum atomic E-state index is -1.31. The molecule has 0 atom stereocenters. The number of carbonyl (C=O) groups is 1. The maximum Gasteiger partial charge on any atom is 0.292 e. The van der Waals surface area contributed by atoms with Gasteiger partial charge in [0.2, 0.25) is 0 Å². The maximum atomic E-state index is 13.5. The molecule has 1 fully saturated rings. The van der Waals surface area contributed by atoms with E-state index in [1.54, 1.807) is 4.90 Å². The van der Waals surface area contributed by atoms with Gasteiger partial charge in [-0.2, -0.15) is 0 Å². The molecule has 0 radical (unpaired) electrons. The fourth-order valence-electron chi connectivity index (χ4n) is 4.62. The zero-order valence-electron chi connectivity index (χ0n) is 18.5. The largest absolute Gasteiger partial charge is 0.491 e. The van der Waals surface area contributed by atoms with Gasteiger partial charge in [0, 0.05) is 10.9 Å². The molecular formula is C27H29NO4. The zero-order valence-corrected chi connectivity index (χ0v) is 18.5. The predicted molar refractivity (Wildman–Crippen MR) is 125 cm³/mol. The van der Waals surface area contributed by atoms with Crippen molar-refractivity contribution in [2.45, 2.75) is 38.4 Å². The van der Waals surface area contributed by atoms with Crippen molar-refractivity contribution in [3.05, 3.63) is 71.8 Å². The molecule has 32 heavy (non-hydrogen) atoms. The highest BCUT2D eigenvalue weighted by atomic mass is 16.7. The summed E-state index contributed by atoms with van der Waals surface area (Å²) in [5.41, 5.74) is 2.91. The summed E-state index contributed by atoms with van der Waals surface area (Å²) < 4.78 is 18.2. The fourth-order valence-corrected chi connectivity index (χ4v) is 4.62. The molecule has 0 unspecified atom stereocenters. The third kappa shape index (κ3) is 3.65. The van der Waals surface area contributed by atoms with Gasteiger partial charge in [-0.15, -0.1) is 0 Å². The van der Waals surface area contributed by atoms with Gasteiger partial charge in [0.25, 0.3) is 11.7 Å². The molecule has 0 bridgehead atoms. The van der Waals surface area contributed by atoms with Crippen LogP contribution in [0.2, 0.25) is 0 Å². The number of carbonyl (C=O) groups excluding carboxylic acids is 1. The van der Waals surface area contributed by atoms with Gasteiger partial charge in [-0.1, -0.05) is 55.8 Å². The standard InChI is InChI=1S/C27H29NO4/c1-2-3-8-20-13-14-24-23(19-20)27(31-16-7-17-32-27)26(29)28(24)15-18-30-25-12-6-10-21-9-4-5-11-22(21)25/h4-6,9-14,19H,2-3,7-8,15-18H2,1H3. The molecule has 0 saturated carbocycles. The van der Waals surface area contributed by atoms with Crippen LogP contribution in [0, 0.1) is 0 Å². The highest BCUT2D eigenvalue weighted by Crippen LogP contribution is 2.45. The molecule has 1 saturated heterocycles. The van der Waals surface area contributed by atoms with Crippen LogP contribution in [0.15, 0.2) is 60.7 Å². The summed E-state index contributed by atoms with van der Waals surface area (Å²) in [6.07, 6.45) is 4.03. The van der Waals surface area contributed by atoms with E-state index in [1.165, 1.54) is 5.56 Å². The van der Waals surface area contributed by atoms with Gasteiger partial charge in [-0.25, -0.2) is 0 Å². The normalized spacial score (nSPS) is 17.2. The van der Waals surface area contributed by atoms with E-state index in [0.717, 1.165) is 53.5 Å². The molecule has 5 heteroatoms. The molecule has 0 aliphatic carbocycles. The summed E-state index contributed by atoms with van der Waals surface area (Å²) in [4.78, 5) is 15.3. The Morgan fingerprint density at radius 1 is 1.03 bits per heavy atom. The van der Waals surface area contributed by atoms with Gasteiger partial charge >= 0.3 is 0 Å². The lowest BCUT2D eigenvalue weighted by molar-refractivity contribution is -0.256. The Labute approximate surface area is 188 Å². The topological polar surface area (TPSA) is 48.0 Å². The number of hydrogen-bond donors (Lipinski definition) is 0. The summed E-state index contributed by atoms with van der Waals surface area (Å²) in [6.45, 7) is 4.03. The number of nitrogens with zero attached hydrogens (tertiary/aromatic N) is 1. The Morgan fingerprint density at radius 2 is 1.84 bits per heavy atom.